The Hall–Kier alpha value is -3.15. The van der Waals surface area contributed by atoms with Crippen LogP contribution in [0, 0.1) is 17.0 Å². The molecule has 2 aromatic carbocycles. The summed E-state index contributed by atoms with van der Waals surface area (Å²) in [5, 5.41) is 18.9. The molecule has 0 amide bonds. The van der Waals surface area contributed by atoms with Gasteiger partial charge in [-0.1, -0.05) is 18.2 Å². The van der Waals surface area contributed by atoms with Crippen molar-refractivity contribution < 1.29 is 9.66 Å². The Kier molecular flexibility index (Phi) is 4.39. The van der Waals surface area contributed by atoms with Crippen molar-refractivity contribution in [3.8, 4) is 17.0 Å². The molecule has 6 heteroatoms. The first-order chi connectivity index (χ1) is 13.1. The van der Waals surface area contributed by atoms with E-state index in [0.29, 0.717) is 17.2 Å². The largest absolute Gasteiger partial charge is 0.497 e. The van der Waals surface area contributed by atoms with Crippen LogP contribution in [0.4, 0.5) is 5.69 Å². The number of aromatic nitrogens is 2. The van der Waals surface area contributed by atoms with Crippen molar-refractivity contribution in [1.82, 2.24) is 10.2 Å². The first-order valence-corrected chi connectivity index (χ1v) is 9.02. The van der Waals surface area contributed by atoms with Gasteiger partial charge >= 0.3 is 0 Å². The minimum atomic E-state index is -0.346. The van der Waals surface area contributed by atoms with Gasteiger partial charge in [-0.05, 0) is 61.4 Å². The van der Waals surface area contributed by atoms with E-state index < -0.39 is 0 Å². The number of nitro benzene ring substituents is 1. The van der Waals surface area contributed by atoms with Gasteiger partial charge in [0.15, 0.2) is 0 Å². The summed E-state index contributed by atoms with van der Waals surface area (Å²) in [6.45, 7) is 2.07. The molecular weight excluding hydrogens is 342 g/mol. The number of H-pyrrole nitrogens is 1. The smallest absolute Gasteiger partial charge is 0.278 e. The molecule has 0 bridgehead atoms. The first-order valence-electron chi connectivity index (χ1n) is 9.02. The lowest BCUT2D eigenvalue weighted by molar-refractivity contribution is -0.384. The van der Waals surface area contributed by atoms with E-state index in [-0.39, 0.29) is 10.6 Å². The molecule has 27 heavy (non-hydrogen) atoms. The zero-order chi connectivity index (χ0) is 19.0. The number of hydrogen-bond donors (Lipinski definition) is 1. The minimum absolute atomic E-state index is 0.0948. The molecule has 3 aromatic rings. The molecule has 1 atom stereocenters. The van der Waals surface area contributed by atoms with Crippen LogP contribution in [0.1, 0.15) is 34.7 Å². The third-order valence-corrected chi connectivity index (χ3v) is 5.28. The van der Waals surface area contributed by atoms with Crippen LogP contribution in [0.25, 0.3) is 11.3 Å². The highest BCUT2D eigenvalue weighted by Crippen LogP contribution is 2.39. The average molecular weight is 363 g/mol. The van der Waals surface area contributed by atoms with E-state index in [9.17, 15) is 10.1 Å². The fourth-order valence-corrected chi connectivity index (χ4v) is 3.98. The lowest BCUT2D eigenvalue weighted by atomic mass is 9.81. The average Bonchev–Trinajstić information content (AvgIpc) is 3.10. The lowest BCUT2D eigenvalue weighted by Gasteiger charge is -2.23. The molecular formula is C21H21N3O3. The molecule has 0 saturated carbocycles. The van der Waals surface area contributed by atoms with Crippen LogP contribution < -0.4 is 4.74 Å². The van der Waals surface area contributed by atoms with Crippen molar-refractivity contribution in [1.29, 1.82) is 0 Å². The second kappa shape index (κ2) is 6.87. The number of nitrogens with one attached hydrogen (secondary N) is 1. The molecule has 1 N–H and O–H groups in total. The Morgan fingerprint density at radius 1 is 1.26 bits per heavy atom. The Morgan fingerprint density at radius 2 is 2.07 bits per heavy atom. The summed E-state index contributed by atoms with van der Waals surface area (Å²) in [6, 6.07) is 13.1. The van der Waals surface area contributed by atoms with E-state index in [0.717, 1.165) is 36.3 Å². The summed E-state index contributed by atoms with van der Waals surface area (Å²) < 4.78 is 5.41. The molecule has 0 radical (unpaired) electrons. The van der Waals surface area contributed by atoms with Crippen molar-refractivity contribution in [2.45, 2.75) is 32.1 Å². The van der Waals surface area contributed by atoms with E-state index in [1.807, 2.05) is 12.1 Å². The molecule has 0 saturated heterocycles. The summed E-state index contributed by atoms with van der Waals surface area (Å²) in [7, 11) is 1.69. The quantitative estimate of drug-likeness (QED) is 0.544. The molecule has 1 heterocycles. The maximum absolute atomic E-state index is 11.4. The van der Waals surface area contributed by atoms with E-state index in [1.165, 1.54) is 17.2 Å². The first kappa shape index (κ1) is 17.3. The van der Waals surface area contributed by atoms with Crippen molar-refractivity contribution in [2.24, 2.45) is 0 Å². The fourth-order valence-electron chi connectivity index (χ4n) is 3.98. The van der Waals surface area contributed by atoms with E-state index in [1.54, 1.807) is 19.2 Å². The van der Waals surface area contributed by atoms with Crippen LogP contribution in [-0.4, -0.2) is 22.2 Å². The Bertz CT molecular complexity index is 1010. The molecule has 1 aliphatic carbocycles. The van der Waals surface area contributed by atoms with Crippen molar-refractivity contribution in [2.75, 3.05) is 7.11 Å². The Labute approximate surface area is 157 Å². The van der Waals surface area contributed by atoms with Crippen molar-refractivity contribution in [3.05, 3.63) is 75.0 Å². The number of nitrogens with zero attached hydrogens (tertiary/aromatic N) is 2. The second-order valence-corrected chi connectivity index (χ2v) is 7.03. The summed E-state index contributed by atoms with van der Waals surface area (Å²) >= 11 is 0. The number of nitro groups is 1. The highest BCUT2D eigenvalue weighted by atomic mass is 16.6. The number of para-hydroxylation sites is 1. The molecule has 1 aliphatic rings. The normalized spacial score (nSPS) is 16.0. The maximum Gasteiger partial charge on any atom is 0.278 e. The Morgan fingerprint density at radius 3 is 2.85 bits per heavy atom. The summed E-state index contributed by atoms with van der Waals surface area (Å²) in [4.78, 5) is 11.0. The fraction of sp³-hybridized carbons (Fsp3) is 0.286. The van der Waals surface area contributed by atoms with Crippen LogP contribution >= 0.6 is 0 Å². The minimum Gasteiger partial charge on any atom is -0.497 e. The number of aryl methyl sites for hydroxylation is 1. The monoisotopic (exact) mass is 363 g/mol. The van der Waals surface area contributed by atoms with Gasteiger partial charge in [0.05, 0.1) is 17.6 Å². The number of methoxy groups -OCH3 is 1. The predicted octanol–water partition coefficient (Wildman–Crippen LogP) is 4.57. The van der Waals surface area contributed by atoms with Crippen LogP contribution in [0.15, 0.2) is 42.5 Å². The van der Waals surface area contributed by atoms with E-state index in [2.05, 4.69) is 29.3 Å². The summed E-state index contributed by atoms with van der Waals surface area (Å²) in [5.41, 5.74) is 5.99. The van der Waals surface area contributed by atoms with Gasteiger partial charge in [-0.15, -0.1) is 0 Å². The van der Waals surface area contributed by atoms with Gasteiger partial charge in [0.1, 0.15) is 11.4 Å². The van der Waals surface area contributed by atoms with Gasteiger partial charge in [0, 0.05) is 17.3 Å². The second-order valence-electron chi connectivity index (χ2n) is 7.03. The van der Waals surface area contributed by atoms with Crippen molar-refractivity contribution in [3.63, 3.8) is 0 Å². The van der Waals surface area contributed by atoms with Gasteiger partial charge in [0.25, 0.3) is 5.69 Å². The molecule has 0 aliphatic heterocycles. The molecule has 0 spiro atoms. The third-order valence-electron chi connectivity index (χ3n) is 5.28. The number of aromatic amines is 1. The molecule has 6 nitrogen and oxygen atoms in total. The standard InChI is InChI=1S/C21H21N3O3/c1-13-9-15(11-16(10-13)27-2)14-7-8-17-19(12-14)22-23-21(17)18-5-3-4-6-20(18)24(25)26/h3-6,9-11,14H,7-8,12H2,1-2H3,(H,22,23)/t14-/m0/s1. The van der Waals surface area contributed by atoms with E-state index in [4.69, 9.17) is 4.74 Å². The Balaban J connectivity index is 1.67. The predicted molar refractivity (Wildman–Crippen MR) is 103 cm³/mol. The van der Waals surface area contributed by atoms with Crippen LogP contribution in [0.2, 0.25) is 0 Å². The van der Waals surface area contributed by atoms with Gasteiger partial charge in [0.2, 0.25) is 0 Å². The van der Waals surface area contributed by atoms with Gasteiger partial charge < -0.3 is 4.74 Å². The maximum atomic E-state index is 11.4. The molecule has 138 valence electrons. The number of hydrogen-bond acceptors (Lipinski definition) is 4. The number of rotatable bonds is 4. The molecule has 0 unspecified atom stereocenters. The number of fused-ring (bicyclic) bond motifs is 1. The van der Waals surface area contributed by atoms with Crippen LogP contribution in [0.5, 0.6) is 5.75 Å². The molecule has 1 aromatic heterocycles. The number of benzene rings is 2. The zero-order valence-corrected chi connectivity index (χ0v) is 15.4. The van der Waals surface area contributed by atoms with Crippen LogP contribution in [-0.2, 0) is 12.8 Å². The summed E-state index contributed by atoms with van der Waals surface area (Å²) in [6.07, 6.45) is 2.66. The topological polar surface area (TPSA) is 81.1 Å². The third kappa shape index (κ3) is 3.18. The number of ether oxygens (including phenoxy) is 1. The highest BCUT2D eigenvalue weighted by molar-refractivity contribution is 5.73. The molecule has 4 rings (SSSR count). The zero-order valence-electron chi connectivity index (χ0n) is 15.4. The van der Waals surface area contributed by atoms with E-state index >= 15 is 0 Å². The lowest BCUT2D eigenvalue weighted by Crippen LogP contribution is -2.13. The highest BCUT2D eigenvalue weighted by Gasteiger charge is 2.28. The van der Waals surface area contributed by atoms with Crippen LogP contribution in [0.3, 0.4) is 0 Å². The van der Waals surface area contributed by atoms with Crippen molar-refractivity contribution >= 4 is 5.69 Å². The van der Waals surface area contributed by atoms with Gasteiger partial charge in [-0.2, -0.15) is 5.10 Å². The summed E-state index contributed by atoms with van der Waals surface area (Å²) in [5.74, 6) is 1.26. The SMILES string of the molecule is COc1cc(C)cc([C@H]2CCc3c(-c4ccccc4[N+](=O)[O-])n[nH]c3C2)c1. The molecule has 0 fully saturated rings. The van der Waals surface area contributed by atoms with Gasteiger partial charge in [-0.25, -0.2) is 0 Å². The van der Waals surface area contributed by atoms with Gasteiger partial charge in [-0.3, -0.25) is 15.2 Å².